The Hall–Kier alpha value is -2.12. The quantitative estimate of drug-likeness (QED) is 0.550. The van der Waals surface area contributed by atoms with Crippen molar-refractivity contribution in [3.63, 3.8) is 0 Å². The second kappa shape index (κ2) is 11.4. The van der Waals surface area contributed by atoms with Crippen molar-refractivity contribution in [3.8, 4) is 0 Å². The Labute approximate surface area is 142 Å². The van der Waals surface area contributed by atoms with E-state index in [1.807, 2.05) is 25.1 Å². The fraction of sp³-hybridized carbons (Fsp3) is 0.400. The molecule has 0 bridgehead atoms. The Morgan fingerprint density at radius 3 is 2.39 bits per heavy atom. The molecule has 7 nitrogen and oxygen atoms in total. The van der Waals surface area contributed by atoms with E-state index in [0.29, 0.717) is 5.69 Å². The van der Waals surface area contributed by atoms with Gasteiger partial charge in [-0.2, -0.15) is 0 Å². The number of rotatable bonds is 8. The summed E-state index contributed by atoms with van der Waals surface area (Å²) in [6.07, 6.45) is 0. The predicted octanol–water partition coefficient (Wildman–Crippen LogP) is 0.409. The van der Waals surface area contributed by atoms with Crippen LogP contribution in [0, 0.1) is 0 Å². The minimum absolute atomic E-state index is 0. The van der Waals surface area contributed by atoms with Crippen LogP contribution >= 0.6 is 12.4 Å². The first-order chi connectivity index (χ1) is 10.5. The second-order valence-corrected chi connectivity index (χ2v) is 4.72. The van der Waals surface area contributed by atoms with Gasteiger partial charge in [-0.1, -0.05) is 19.1 Å². The van der Waals surface area contributed by atoms with E-state index >= 15 is 0 Å². The van der Waals surface area contributed by atoms with Gasteiger partial charge in [0.25, 0.3) is 0 Å². The third kappa shape index (κ3) is 9.49. The van der Waals surface area contributed by atoms with E-state index in [4.69, 9.17) is 0 Å². The molecule has 0 aromatic heterocycles. The molecule has 0 spiro atoms. The van der Waals surface area contributed by atoms with Gasteiger partial charge in [-0.05, 0) is 24.2 Å². The zero-order chi connectivity index (χ0) is 16.4. The van der Waals surface area contributed by atoms with Crippen molar-refractivity contribution in [1.29, 1.82) is 0 Å². The summed E-state index contributed by atoms with van der Waals surface area (Å²) >= 11 is 0. The normalized spacial score (nSPS) is 9.48. The highest BCUT2D eigenvalue weighted by Gasteiger charge is 2.06. The van der Waals surface area contributed by atoms with Gasteiger partial charge in [-0.25, -0.2) is 0 Å². The highest BCUT2D eigenvalue weighted by Crippen LogP contribution is 2.10. The molecule has 0 radical (unpaired) electrons. The monoisotopic (exact) mass is 342 g/mol. The zero-order valence-electron chi connectivity index (χ0n) is 13.3. The third-order valence-corrected chi connectivity index (χ3v) is 2.73. The third-order valence-electron chi connectivity index (χ3n) is 2.73. The van der Waals surface area contributed by atoms with Gasteiger partial charge in [-0.3, -0.25) is 14.4 Å². The summed E-state index contributed by atoms with van der Waals surface area (Å²) in [4.78, 5) is 33.8. The number of nitrogens with one attached hydrogen (secondary N) is 4. The molecule has 1 rings (SSSR count). The SMILES string of the molecule is CCNCc1cccc(NC(=O)CNC(=O)CNC(C)=O)c1.Cl. The van der Waals surface area contributed by atoms with Gasteiger partial charge >= 0.3 is 0 Å². The van der Waals surface area contributed by atoms with Gasteiger partial charge in [0.2, 0.25) is 17.7 Å². The van der Waals surface area contributed by atoms with Gasteiger partial charge in [0.15, 0.2) is 0 Å². The topological polar surface area (TPSA) is 99.3 Å². The van der Waals surface area contributed by atoms with Gasteiger partial charge < -0.3 is 21.3 Å². The Kier molecular flexibility index (Phi) is 10.4. The molecule has 0 heterocycles. The maximum absolute atomic E-state index is 11.8. The number of amides is 3. The van der Waals surface area contributed by atoms with E-state index in [9.17, 15) is 14.4 Å². The molecule has 23 heavy (non-hydrogen) atoms. The summed E-state index contributed by atoms with van der Waals surface area (Å²) in [7, 11) is 0. The number of anilines is 1. The van der Waals surface area contributed by atoms with Gasteiger partial charge in [0.05, 0.1) is 13.1 Å². The van der Waals surface area contributed by atoms with Crippen LogP contribution < -0.4 is 21.3 Å². The predicted molar refractivity (Wildman–Crippen MR) is 91.4 cm³/mol. The first-order valence-electron chi connectivity index (χ1n) is 7.12. The molecule has 1 aromatic rings. The summed E-state index contributed by atoms with van der Waals surface area (Å²) in [6, 6.07) is 7.48. The first kappa shape index (κ1) is 20.9. The fourth-order valence-electron chi connectivity index (χ4n) is 1.68. The lowest BCUT2D eigenvalue weighted by Crippen LogP contribution is -2.39. The van der Waals surface area contributed by atoms with Gasteiger partial charge in [0.1, 0.15) is 0 Å². The number of hydrogen-bond donors (Lipinski definition) is 4. The second-order valence-electron chi connectivity index (χ2n) is 4.72. The molecule has 0 saturated heterocycles. The van der Waals surface area contributed by atoms with Crippen LogP contribution in [0.25, 0.3) is 0 Å². The van der Waals surface area contributed by atoms with Crippen molar-refractivity contribution in [2.24, 2.45) is 0 Å². The number of halogens is 1. The number of carbonyl (C=O) groups is 3. The average Bonchev–Trinajstić information content (AvgIpc) is 2.49. The standard InChI is InChI=1S/C15H22N4O3.ClH/c1-3-16-8-12-5-4-6-13(7-12)19-15(22)10-18-14(21)9-17-11(2)20;/h4-7,16H,3,8-10H2,1-2H3,(H,17,20)(H,18,21)(H,19,22);1H. The lowest BCUT2D eigenvalue weighted by Gasteiger charge is -2.09. The summed E-state index contributed by atoms with van der Waals surface area (Å²) in [5.41, 5.74) is 1.74. The van der Waals surface area contributed by atoms with Crippen molar-refractivity contribution < 1.29 is 14.4 Å². The summed E-state index contributed by atoms with van der Waals surface area (Å²) in [5.74, 6) is -1.03. The van der Waals surface area contributed by atoms with Crippen LogP contribution in [0.2, 0.25) is 0 Å². The van der Waals surface area contributed by atoms with Crippen LogP contribution in [0.15, 0.2) is 24.3 Å². The number of carbonyl (C=O) groups excluding carboxylic acids is 3. The molecular formula is C15H23ClN4O3. The Bertz CT molecular complexity index is 537. The van der Waals surface area contributed by atoms with Gasteiger partial charge in [0, 0.05) is 19.2 Å². The molecule has 8 heteroatoms. The molecule has 0 saturated carbocycles. The van der Waals surface area contributed by atoms with Crippen LogP contribution in [0.4, 0.5) is 5.69 Å². The number of hydrogen-bond acceptors (Lipinski definition) is 4. The molecule has 0 aliphatic rings. The van der Waals surface area contributed by atoms with E-state index in [1.54, 1.807) is 6.07 Å². The van der Waals surface area contributed by atoms with Crippen molar-refractivity contribution in [1.82, 2.24) is 16.0 Å². The van der Waals surface area contributed by atoms with Crippen molar-refractivity contribution in [3.05, 3.63) is 29.8 Å². The Morgan fingerprint density at radius 1 is 1.04 bits per heavy atom. The maximum atomic E-state index is 11.8. The largest absolute Gasteiger partial charge is 0.347 e. The van der Waals surface area contributed by atoms with Crippen LogP contribution in [-0.4, -0.2) is 37.4 Å². The van der Waals surface area contributed by atoms with E-state index < -0.39 is 5.91 Å². The molecule has 0 aliphatic carbocycles. The van der Waals surface area contributed by atoms with Crippen molar-refractivity contribution >= 4 is 35.8 Å². The molecular weight excluding hydrogens is 320 g/mol. The molecule has 0 fully saturated rings. The van der Waals surface area contributed by atoms with Crippen LogP contribution in [0.3, 0.4) is 0 Å². The van der Waals surface area contributed by atoms with E-state index in [2.05, 4.69) is 21.3 Å². The molecule has 128 valence electrons. The lowest BCUT2D eigenvalue weighted by atomic mass is 10.2. The zero-order valence-corrected chi connectivity index (χ0v) is 14.1. The highest BCUT2D eigenvalue weighted by atomic mass is 35.5. The van der Waals surface area contributed by atoms with E-state index in [1.165, 1.54) is 6.92 Å². The molecule has 1 aromatic carbocycles. The molecule has 0 aliphatic heterocycles. The van der Waals surface area contributed by atoms with E-state index in [0.717, 1.165) is 18.7 Å². The Balaban J connectivity index is 0.00000484. The molecule has 3 amide bonds. The van der Waals surface area contributed by atoms with E-state index in [-0.39, 0.29) is 37.3 Å². The first-order valence-corrected chi connectivity index (χ1v) is 7.12. The van der Waals surface area contributed by atoms with Crippen LogP contribution in [0.5, 0.6) is 0 Å². The minimum Gasteiger partial charge on any atom is -0.347 e. The highest BCUT2D eigenvalue weighted by molar-refractivity contribution is 5.95. The minimum atomic E-state index is -0.411. The molecule has 0 atom stereocenters. The maximum Gasteiger partial charge on any atom is 0.243 e. The Morgan fingerprint density at radius 2 is 1.74 bits per heavy atom. The molecule has 0 unspecified atom stereocenters. The summed E-state index contributed by atoms with van der Waals surface area (Å²) in [5, 5.41) is 10.7. The average molecular weight is 343 g/mol. The van der Waals surface area contributed by atoms with Crippen LogP contribution in [-0.2, 0) is 20.9 Å². The smallest absolute Gasteiger partial charge is 0.243 e. The summed E-state index contributed by atoms with van der Waals surface area (Å²) in [6.45, 7) is 4.66. The molecule has 4 N–H and O–H groups in total. The summed E-state index contributed by atoms with van der Waals surface area (Å²) < 4.78 is 0. The van der Waals surface area contributed by atoms with Crippen molar-refractivity contribution in [2.75, 3.05) is 25.0 Å². The fourth-order valence-corrected chi connectivity index (χ4v) is 1.68. The van der Waals surface area contributed by atoms with Crippen molar-refractivity contribution in [2.45, 2.75) is 20.4 Å². The van der Waals surface area contributed by atoms with Crippen LogP contribution in [0.1, 0.15) is 19.4 Å². The number of benzene rings is 1. The lowest BCUT2D eigenvalue weighted by molar-refractivity contribution is -0.126. The van der Waals surface area contributed by atoms with Gasteiger partial charge in [-0.15, -0.1) is 12.4 Å².